The van der Waals surface area contributed by atoms with Gasteiger partial charge in [0.25, 0.3) is 0 Å². The van der Waals surface area contributed by atoms with Crippen molar-refractivity contribution in [3.8, 4) is 0 Å². The zero-order valence-electron chi connectivity index (χ0n) is 8.62. The molecule has 11 heteroatoms. The predicted octanol–water partition coefficient (Wildman–Crippen LogP) is 0.923. The molecule has 0 saturated heterocycles. The summed E-state index contributed by atoms with van der Waals surface area (Å²) in [6.45, 7) is -6.68. The molecule has 2 unspecified atom stereocenters. The maximum Gasteiger partial charge on any atom is 0.396 e. The van der Waals surface area contributed by atoms with Gasteiger partial charge in [-0.2, -0.15) is 13.2 Å². The van der Waals surface area contributed by atoms with Crippen LogP contribution in [0, 0.1) is 11.3 Å². The monoisotopic (exact) mass is 303 g/mol. The molecule has 110 valence electrons. The van der Waals surface area contributed by atoms with Crippen LogP contribution in [0.2, 0.25) is 0 Å². The van der Waals surface area contributed by atoms with Crippen molar-refractivity contribution in [2.75, 3.05) is 20.0 Å². The molecule has 0 aliphatic rings. The number of halogens is 6. The molecule has 0 aliphatic heterocycles. The highest BCUT2D eigenvalue weighted by atomic mass is 32.2. The van der Waals surface area contributed by atoms with E-state index in [1.54, 1.807) is 0 Å². The Kier molecular flexibility index (Phi) is 5.44. The van der Waals surface area contributed by atoms with E-state index >= 15 is 0 Å². The van der Waals surface area contributed by atoms with E-state index in [9.17, 15) is 39.3 Å². The molecule has 0 rings (SSSR count). The molecule has 0 fully saturated rings. The minimum Gasteiger partial charge on any atom is -0.746 e. The molecule has 18 heavy (non-hydrogen) atoms. The molecule has 0 aromatic heterocycles. The summed E-state index contributed by atoms with van der Waals surface area (Å²) in [5.41, 5.74) is -7.13. The highest BCUT2D eigenvalue weighted by molar-refractivity contribution is 7.86. The second-order valence-electron chi connectivity index (χ2n) is 3.67. The first-order chi connectivity index (χ1) is 7.96. The first-order valence-electron chi connectivity index (χ1n) is 4.33. The average molecular weight is 303 g/mol. The van der Waals surface area contributed by atoms with Crippen LogP contribution in [0.1, 0.15) is 0 Å². The zero-order chi connectivity index (χ0) is 14.8. The molecular formula is C7H9F6O4S-. The molecule has 0 amide bonds. The zero-order valence-corrected chi connectivity index (χ0v) is 9.44. The Morgan fingerprint density at radius 2 is 1.39 bits per heavy atom. The highest BCUT2D eigenvalue weighted by Gasteiger charge is 2.59. The molecule has 0 aromatic rings. The fraction of sp³-hybridized carbons (Fsp3) is 1.00. The summed E-state index contributed by atoms with van der Waals surface area (Å²) < 4.78 is 106. The van der Waals surface area contributed by atoms with Crippen LogP contribution in [0.25, 0.3) is 0 Å². The van der Waals surface area contributed by atoms with Crippen LogP contribution in [0.4, 0.5) is 26.3 Å². The minimum atomic E-state index is -5.91. The Morgan fingerprint density at radius 1 is 1.06 bits per heavy atom. The van der Waals surface area contributed by atoms with Crippen molar-refractivity contribution in [3.05, 3.63) is 0 Å². The van der Waals surface area contributed by atoms with Crippen LogP contribution in [0.3, 0.4) is 0 Å². The second kappa shape index (κ2) is 5.61. The minimum absolute atomic E-state index is 2.23. The maximum atomic E-state index is 12.5. The van der Waals surface area contributed by atoms with Gasteiger partial charge in [-0.05, 0) is 0 Å². The molecular weight excluding hydrogens is 294 g/mol. The van der Waals surface area contributed by atoms with Crippen molar-refractivity contribution in [1.29, 1.82) is 0 Å². The Labute approximate surface area is 98.3 Å². The molecule has 0 aromatic carbocycles. The van der Waals surface area contributed by atoms with E-state index < -0.39 is 53.1 Å². The average Bonchev–Trinajstić information content (AvgIpc) is 2.22. The van der Waals surface area contributed by atoms with Gasteiger partial charge in [0.2, 0.25) is 0 Å². The smallest absolute Gasteiger partial charge is 0.396 e. The van der Waals surface area contributed by atoms with E-state index in [0.29, 0.717) is 0 Å². The van der Waals surface area contributed by atoms with E-state index in [-0.39, 0.29) is 0 Å². The largest absolute Gasteiger partial charge is 0.746 e. The van der Waals surface area contributed by atoms with Crippen LogP contribution in [-0.4, -0.2) is 49.7 Å². The molecule has 0 saturated carbocycles. The highest BCUT2D eigenvalue weighted by Crippen LogP contribution is 2.44. The van der Waals surface area contributed by atoms with E-state index in [4.69, 9.17) is 5.11 Å². The van der Waals surface area contributed by atoms with Gasteiger partial charge < -0.3 is 9.66 Å². The standard InChI is InChI=1S/C7H10F6O4S/c8-1-6(2-9,3-10)4(7(11,12)13)5(14)18(15,16)17/h4-5,14H,1-3H2,(H,15,16,17)/p-1. The normalized spacial score (nSPS) is 17.6. The lowest BCUT2D eigenvalue weighted by Crippen LogP contribution is -2.53. The van der Waals surface area contributed by atoms with E-state index in [2.05, 4.69) is 0 Å². The van der Waals surface area contributed by atoms with Gasteiger partial charge in [0, 0.05) is 0 Å². The molecule has 0 radical (unpaired) electrons. The Morgan fingerprint density at radius 3 is 1.56 bits per heavy atom. The number of hydrogen-bond acceptors (Lipinski definition) is 4. The summed E-state index contributed by atoms with van der Waals surface area (Å²) in [7, 11) is -5.91. The summed E-state index contributed by atoms with van der Waals surface area (Å²) in [6.07, 6.45) is -5.67. The predicted molar refractivity (Wildman–Crippen MR) is 45.6 cm³/mol. The third-order valence-electron chi connectivity index (χ3n) is 2.39. The number of rotatable bonds is 6. The Bertz CT molecular complexity index is 354. The van der Waals surface area contributed by atoms with Gasteiger partial charge in [0.05, 0.1) is 5.41 Å². The maximum absolute atomic E-state index is 12.5. The van der Waals surface area contributed by atoms with Crippen molar-refractivity contribution < 1.29 is 44.4 Å². The third kappa shape index (κ3) is 3.48. The molecule has 4 nitrogen and oxygen atoms in total. The quantitative estimate of drug-likeness (QED) is 0.585. The van der Waals surface area contributed by atoms with Crippen molar-refractivity contribution in [3.63, 3.8) is 0 Å². The lowest BCUT2D eigenvalue weighted by molar-refractivity contribution is -0.232. The van der Waals surface area contributed by atoms with Crippen LogP contribution in [-0.2, 0) is 10.1 Å². The second-order valence-corrected chi connectivity index (χ2v) is 5.13. The fourth-order valence-electron chi connectivity index (χ4n) is 1.33. The first kappa shape index (κ1) is 17.4. The number of aliphatic hydroxyl groups excluding tert-OH is 1. The van der Waals surface area contributed by atoms with Crippen molar-refractivity contribution >= 4 is 10.1 Å². The van der Waals surface area contributed by atoms with E-state index in [1.165, 1.54) is 0 Å². The van der Waals surface area contributed by atoms with E-state index in [0.717, 1.165) is 0 Å². The Hall–Kier alpha value is -0.550. The summed E-state index contributed by atoms with van der Waals surface area (Å²) in [6, 6.07) is 0. The van der Waals surface area contributed by atoms with E-state index in [1.807, 2.05) is 0 Å². The third-order valence-corrected chi connectivity index (χ3v) is 3.26. The van der Waals surface area contributed by atoms with Crippen LogP contribution in [0.15, 0.2) is 0 Å². The van der Waals surface area contributed by atoms with Gasteiger partial charge in [0.15, 0.2) is 5.44 Å². The molecule has 1 N–H and O–H groups in total. The van der Waals surface area contributed by atoms with Gasteiger partial charge in [-0.15, -0.1) is 0 Å². The molecule has 0 aliphatic carbocycles. The summed E-state index contributed by atoms with van der Waals surface area (Å²) in [5, 5.41) is 8.79. The lowest BCUT2D eigenvalue weighted by Gasteiger charge is -2.38. The van der Waals surface area contributed by atoms with Crippen LogP contribution < -0.4 is 0 Å². The summed E-state index contributed by atoms with van der Waals surface area (Å²) in [4.78, 5) is 0. The van der Waals surface area contributed by atoms with Crippen molar-refractivity contribution in [2.45, 2.75) is 11.6 Å². The molecule has 0 heterocycles. The van der Waals surface area contributed by atoms with Crippen LogP contribution in [0.5, 0.6) is 0 Å². The lowest BCUT2D eigenvalue weighted by atomic mass is 9.78. The number of hydrogen-bond donors (Lipinski definition) is 1. The molecule has 2 atom stereocenters. The fourth-order valence-corrected chi connectivity index (χ4v) is 2.11. The van der Waals surface area contributed by atoms with Gasteiger partial charge in [-0.3, -0.25) is 13.2 Å². The van der Waals surface area contributed by atoms with Crippen molar-refractivity contribution in [2.24, 2.45) is 11.3 Å². The molecule has 0 spiro atoms. The van der Waals surface area contributed by atoms with Gasteiger partial charge in [-0.25, -0.2) is 8.42 Å². The van der Waals surface area contributed by atoms with Crippen LogP contribution >= 0.6 is 0 Å². The SMILES string of the molecule is O=S(=O)([O-])C(O)C(C(F)(F)F)C(CF)(CF)CF. The van der Waals surface area contributed by atoms with Gasteiger partial charge >= 0.3 is 6.18 Å². The van der Waals surface area contributed by atoms with Gasteiger partial charge in [0.1, 0.15) is 36.1 Å². The number of aliphatic hydroxyl groups is 1. The first-order valence-corrected chi connectivity index (χ1v) is 5.81. The Balaban J connectivity index is 5.79. The number of alkyl halides is 6. The summed E-state index contributed by atoms with van der Waals surface area (Å²) >= 11 is 0. The molecule has 0 bridgehead atoms. The summed E-state index contributed by atoms with van der Waals surface area (Å²) in [5.74, 6) is -3.69. The van der Waals surface area contributed by atoms with Crippen molar-refractivity contribution in [1.82, 2.24) is 0 Å². The van der Waals surface area contributed by atoms with Gasteiger partial charge in [-0.1, -0.05) is 0 Å². The topological polar surface area (TPSA) is 77.4 Å².